The van der Waals surface area contributed by atoms with E-state index in [1.165, 1.54) is 0 Å². The molecule has 0 atom stereocenters. The van der Waals surface area contributed by atoms with Crippen molar-refractivity contribution in [3.63, 3.8) is 0 Å². The number of para-hydroxylation sites is 1. The van der Waals surface area contributed by atoms with Crippen molar-refractivity contribution in [1.82, 2.24) is 5.32 Å². The second-order valence-electron chi connectivity index (χ2n) is 6.14. The minimum Gasteiger partial charge on any atom is 0.122 e. The third kappa shape index (κ3) is 5.50. The molecule has 0 fully saturated rings. The zero-order valence-corrected chi connectivity index (χ0v) is 16.8. The standard InChI is InChI=1S/C20H22AsN2O4/c22-16-6-2-1-5-15(16)21-19(24)7-3-4-10-23-20(25)14-8-9-17-18(13-14)27-12-11-26-17/h1-2,5-6,8-9,13H,3-4,7,10-12,22H2,(H,23,25). The number of ether oxygens (including phenoxy) is 2. The molecule has 141 valence electrons. The molecule has 1 aliphatic heterocycles. The zero-order chi connectivity index (χ0) is 19.1. The van der Waals surface area contributed by atoms with Crippen LogP contribution in [-0.2, 0) is 4.79 Å². The molecule has 1 heterocycles. The van der Waals surface area contributed by atoms with Crippen LogP contribution in [0.15, 0.2) is 42.5 Å². The van der Waals surface area contributed by atoms with Crippen molar-refractivity contribution in [1.29, 1.82) is 0 Å². The number of anilines is 1. The quantitative estimate of drug-likeness (QED) is 0.377. The first-order valence-electron chi connectivity index (χ1n) is 8.90. The van der Waals surface area contributed by atoms with Crippen molar-refractivity contribution < 1.29 is 19.1 Å². The van der Waals surface area contributed by atoms with Gasteiger partial charge in [-0.05, 0) is 0 Å². The van der Waals surface area contributed by atoms with E-state index in [2.05, 4.69) is 5.32 Å². The van der Waals surface area contributed by atoms with E-state index in [4.69, 9.17) is 15.2 Å². The summed E-state index contributed by atoms with van der Waals surface area (Å²) in [5.41, 5.74) is 7.12. The van der Waals surface area contributed by atoms with Crippen molar-refractivity contribution in [2.75, 3.05) is 25.5 Å². The van der Waals surface area contributed by atoms with E-state index < -0.39 is 15.8 Å². The van der Waals surface area contributed by atoms with Crippen molar-refractivity contribution >= 4 is 36.3 Å². The number of unbranched alkanes of at least 4 members (excludes halogenated alkanes) is 1. The molecular formula is C20H22AsN2O4. The SMILES string of the molecule is Nc1ccccc1[As]C(=O)CCCCNC(=O)c1ccc2c(c1)OCCO2. The molecule has 3 N–H and O–H groups in total. The molecule has 1 amide bonds. The monoisotopic (exact) mass is 429 g/mol. The molecule has 1 aliphatic rings. The van der Waals surface area contributed by atoms with Crippen molar-refractivity contribution in [2.45, 2.75) is 19.3 Å². The summed E-state index contributed by atoms with van der Waals surface area (Å²) in [7, 11) is 0. The van der Waals surface area contributed by atoms with Gasteiger partial charge in [-0.25, -0.2) is 0 Å². The van der Waals surface area contributed by atoms with Gasteiger partial charge in [0.2, 0.25) is 0 Å². The molecule has 1 radical (unpaired) electrons. The maximum absolute atomic E-state index is 12.2. The molecule has 2 aromatic rings. The second-order valence-corrected chi connectivity index (χ2v) is 8.66. The summed E-state index contributed by atoms with van der Waals surface area (Å²) in [6.45, 7) is 1.55. The molecule has 0 aliphatic carbocycles. The average Bonchev–Trinajstić information content (AvgIpc) is 2.69. The van der Waals surface area contributed by atoms with Crippen LogP contribution in [0.2, 0.25) is 0 Å². The summed E-state index contributed by atoms with van der Waals surface area (Å²) in [4.78, 5) is 24.3. The molecule has 3 rings (SSSR count). The summed E-state index contributed by atoms with van der Waals surface area (Å²) >= 11 is -0.554. The number of nitrogen functional groups attached to an aromatic ring is 1. The third-order valence-corrected chi connectivity index (χ3v) is 6.44. The van der Waals surface area contributed by atoms with Crippen molar-refractivity contribution in [3.8, 4) is 11.5 Å². The molecule has 0 saturated carbocycles. The number of carbonyl (C=O) groups is 2. The minimum atomic E-state index is -0.554. The van der Waals surface area contributed by atoms with E-state index in [1.807, 2.05) is 24.3 Å². The molecular weight excluding hydrogens is 407 g/mol. The van der Waals surface area contributed by atoms with Crippen LogP contribution in [0.5, 0.6) is 11.5 Å². The normalized spacial score (nSPS) is 12.9. The molecule has 0 bridgehead atoms. The molecule has 7 heteroatoms. The first kappa shape index (κ1) is 19.3. The Kier molecular flexibility index (Phi) is 6.77. The molecule has 27 heavy (non-hydrogen) atoms. The minimum absolute atomic E-state index is 0.151. The molecule has 0 saturated heterocycles. The van der Waals surface area contributed by atoms with E-state index in [1.54, 1.807) is 18.2 Å². The number of fused-ring (bicyclic) bond motifs is 1. The van der Waals surface area contributed by atoms with Crippen LogP contribution in [0.3, 0.4) is 0 Å². The Morgan fingerprint density at radius 2 is 1.81 bits per heavy atom. The van der Waals surface area contributed by atoms with Gasteiger partial charge in [-0.2, -0.15) is 0 Å². The number of nitrogens with two attached hydrogens (primary N) is 1. The molecule has 0 unspecified atom stereocenters. The fourth-order valence-corrected chi connectivity index (χ4v) is 4.56. The first-order valence-corrected chi connectivity index (χ1v) is 10.8. The van der Waals surface area contributed by atoms with Crippen LogP contribution in [0.1, 0.15) is 29.6 Å². The Morgan fingerprint density at radius 1 is 1.04 bits per heavy atom. The van der Waals surface area contributed by atoms with Gasteiger partial charge >= 0.3 is 158 Å². The van der Waals surface area contributed by atoms with Gasteiger partial charge in [-0.15, -0.1) is 0 Å². The summed E-state index contributed by atoms with van der Waals surface area (Å²) in [6.07, 6.45) is 2.03. The first-order chi connectivity index (χ1) is 13.1. The van der Waals surface area contributed by atoms with Gasteiger partial charge in [-0.3, -0.25) is 0 Å². The molecule has 6 nitrogen and oxygen atoms in total. The van der Waals surface area contributed by atoms with E-state index in [9.17, 15) is 9.59 Å². The number of amides is 1. The van der Waals surface area contributed by atoms with E-state index in [0.717, 1.165) is 17.2 Å². The van der Waals surface area contributed by atoms with Crippen molar-refractivity contribution in [2.24, 2.45) is 0 Å². The Balaban J connectivity index is 1.37. The number of hydrogen-bond donors (Lipinski definition) is 2. The van der Waals surface area contributed by atoms with E-state index in [-0.39, 0.29) is 10.5 Å². The zero-order valence-electron chi connectivity index (χ0n) is 14.9. The molecule has 0 aromatic heterocycles. The second kappa shape index (κ2) is 9.47. The fraction of sp³-hybridized carbons (Fsp3) is 0.300. The van der Waals surface area contributed by atoms with Crippen LogP contribution < -0.4 is 24.9 Å². The number of hydrogen-bond acceptors (Lipinski definition) is 5. The Labute approximate surface area is 165 Å². The van der Waals surface area contributed by atoms with Crippen LogP contribution in [0.25, 0.3) is 0 Å². The van der Waals surface area contributed by atoms with Gasteiger partial charge in [0.05, 0.1) is 0 Å². The summed E-state index contributed by atoms with van der Waals surface area (Å²) in [5, 5.41) is 2.88. The number of rotatable bonds is 8. The van der Waals surface area contributed by atoms with Crippen LogP contribution in [0.4, 0.5) is 5.69 Å². The topological polar surface area (TPSA) is 90.7 Å². The van der Waals surface area contributed by atoms with Crippen LogP contribution >= 0.6 is 0 Å². The van der Waals surface area contributed by atoms with Gasteiger partial charge in [-0.1, -0.05) is 0 Å². The summed E-state index contributed by atoms with van der Waals surface area (Å²) in [6, 6.07) is 12.7. The predicted octanol–water partition coefficient (Wildman–Crippen LogP) is 1.50. The van der Waals surface area contributed by atoms with Crippen LogP contribution in [-0.4, -0.2) is 46.0 Å². The fourth-order valence-electron chi connectivity index (χ4n) is 2.67. The summed E-state index contributed by atoms with van der Waals surface area (Å²) in [5.74, 6) is 1.11. The maximum atomic E-state index is 12.2. The van der Waals surface area contributed by atoms with Gasteiger partial charge in [0.1, 0.15) is 6.61 Å². The number of carbonyl (C=O) groups excluding carboxylic acids is 2. The average molecular weight is 429 g/mol. The van der Waals surface area contributed by atoms with E-state index in [0.29, 0.717) is 48.9 Å². The van der Waals surface area contributed by atoms with Gasteiger partial charge < -0.3 is 0 Å². The Morgan fingerprint density at radius 3 is 2.63 bits per heavy atom. The van der Waals surface area contributed by atoms with Crippen LogP contribution in [0, 0.1) is 0 Å². The summed E-state index contributed by atoms with van der Waals surface area (Å²) < 4.78 is 12.2. The predicted molar refractivity (Wildman–Crippen MR) is 105 cm³/mol. The van der Waals surface area contributed by atoms with Gasteiger partial charge in [0.15, 0.2) is 0 Å². The molecule has 2 aromatic carbocycles. The Hall–Kier alpha value is -2.46. The van der Waals surface area contributed by atoms with Gasteiger partial charge in [0, 0.05) is 0 Å². The third-order valence-electron chi connectivity index (χ3n) is 4.09. The van der Waals surface area contributed by atoms with Crippen molar-refractivity contribution in [3.05, 3.63) is 48.0 Å². The molecule has 0 spiro atoms. The Bertz CT molecular complexity index is 825. The van der Waals surface area contributed by atoms with Gasteiger partial charge in [0.25, 0.3) is 0 Å². The van der Waals surface area contributed by atoms with E-state index >= 15 is 0 Å². The smallest absolute Gasteiger partial charge is 0.122 e. The number of benzene rings is 2. The number of nitrogens with one attached hydrogen (secondary N) is 1.